The molecule has 0 aliphatic carbocycles. The van der Waals surface area contributed by atoms with Crippen LogP contribution < -0.4 is 10.1 Å². The predicted molar refractivity (Wildman–Crippen MR) is 88.1 cm³/mol. The largest absolute Gasteiger partial charge is 0.494 e. The highest BCUT2D eigenvalue weighted by molar-refractivity contribution is 5.89. The second-order valence-corrected chi connectivity index (χ2v) is 5.44. The topological polar surface area (TPSA) is 51.2 Å². The number of aromatic nitrogens is 1. The van der Waals surface area contributed by atoms with Crippen LogP contribution >= 0.6 is 0 Å². The van der Waals surface area contributed by atoms with Crippen molar-refractivity contribution in [3.8, 4) is 5.75 Å². The van der Waals surface area contributed by atoms with Gasteiger partial charge in [0.25, 0.3) is 0 Å². The first-order chi connectivity index (χ1) is 10.6. The van der Waals surface area contributed by atoms with Crippen LogP contribution in [0.5, 0.6) is 5.75 Å². The summed E-state index contributed by atoms with van der Waals surface area (Å²) in [6, 6.07) is 13.4. The van der Waals surface area contributed by atoms with Crippen LogP contribution in [0.2, 0.25) is 0 Å². The lowest BCUT2D eigenvalue weighted by Crippen LogP contribution is -2.13. The Balaban J connectivity index is 1.69. The van der Waals surface area contributed by atoms with Crippen molar-refractivity contribution in [2.45, 2.75) is 32.6 Å². The molecule has 0 atom stereocenters. The minimum atomic E-state index is -0.0403. The van der Waals surface area contributed by atoms with Gasteiger partial charge in [0.05, 0.1) is 6.61 Å². The Bertz CT molecular complexity index is 580. The third-order valence-electron chi connectivity index (χ3n) is 3.28. The molecule has 4 heteroatoms. The zero-order valence-electron chi connectivity index (χ0n) is 13.1. The maximum absolute atomic E-state index is 11.8. The van der Waals surface area contributed by atoms with Crippen LogP contribution in [0.4, 0.5) is 5.82 Å². The molecule has 116 valence electrons. The van der Waals surface area contributed by atoms with Crippen molar-refractivity contribution in [3.05, 3.63) is 54.2 Å². The van der Waals surface area contributed by atoms with Gasteiger partial charge in [-0.3, -0.25) is 4.79 Å². The van der Waals surface area contributed by atoms with Gasteiger partial charge in [0.2, 0.25) is 5.91 Å². The number of anilines is 1. The summed E-state index contributed by atoms with van der Waals surface area (Å²) in [5, 5.41) is 2.80. The van der Waals surface area contributed by atoms with Gasteiger partial charge >= 0.3 is 0 Å². The molecule has 1 amide bonds. The van der Waals surface area contributed by atoms with Crippen LogP contribution in [0.25, 0.3) is 0 Å². The van der Waals surface area contributed by atoms with Gasteiger partial charge in [-0.2, -0.15) is 0 Å². The van der Waals surface area contributed by atoms with E-state index in [1.807, 2.05) is 42.5 Å². The van der Waals surface area contributed by atoms with E-state index in [1.54, 1.807) is 6.20 Å². The Morgan fingerprint density at radius 1 is 1.18 bits per heavy atom. The van der Waals surface area contributed by atoms with E-state index in [4.69, 9.17) is 4.74 Å². The van der Waals surface area contributed by atoms with Gasteiger partial charge in [-0.15, -0.1) is 0 Å². The molecule has 0 aliphatic rings. The standard InChI is InChI=1S/C18H22N2O2/c1-14(2)15-10-11-17(19-13-15)20-18(21)9-6-12-22-16-7-4-3-5-8-16/h3-5,7-8,10-11,13-14H,6,9,12H2,1-2H3,(H,19,20,21). The van der Waals surface area contributed by atoms with Crippen LogP contribution in [0, 0.1) is 0 Å². The summed E-state index contributed by atoms with van der Waals surface area (Å²) in [5.74, 6) is 1.82. The third-order valence-corrected chi connectivity index (χ3v) is 3.28. The van der Waals surface area contributed by atoms with E-state index in [-0.39, 0.29) is 5.91 Å². The highest BCUT2D eigenvalue weighted by Gasteiger charge is 2.05. The first kappa shape index (κ1) is 16.0. The van der Waals surface area contributed by atoms with Crippen LogP contribution in [-0.4, -0.2) is 17.5 Å². The number of ether oxygens (including phenoxy) is 1. The summed E-state index contributed by atoms with van der Waals surface area (Å²) in [6.45, 7) is 4.75. The number of para-hydroxylation sites is 1. The molecule has 0 radical (unpaired) electrons. The van der Waals surface area contributed by atoms with Crippen molar-refractivity contribution >= 4 is 11.7 Å². The molecule has 4 nitrogen and oxygen atoms in total. The Morgan fingerprint density at radius 2 is 1.95 bits per heavy atom. The van der Waals surface area contributed by atoms with Crippen LogP contribution in [0.1, 0.15) is 38.2 Å². The molecule has 22 heavy (non-hydrogen) atoms. The van der Waals surface area contributed by atoms with Crippen molar-refractivity contribution in [2.75, 3.05) is 11.9 Å². The molecule has 0 bridgehead atoms. The Hall–Kier alpha value is -2.36. The van der Waals surface area contributed by atoms with E-state index in [0.717, 1.165) is 11.3 Å². The lowest BCUT2D eigenvalue weighted by molar-refractivity contribution is -0.116. The van der Waals surface area contributed by atoms with Gasteiger partial charge in [-0.1, -0.05) is 38.1 Å². The number of nitrogens with one attached hydrogen (secondary N) is 1. The zero-order chi connectivity index (χ0) is 15.8. The Morgan fingerprint density at radius 3 is 2.59 bits per heavy atom. The number of rotatable bonds is 7. The number of amides is 1. The Labute approximate surface area is 131 Å². The normalized spacial score (nSPS) is 10.5. The van der Waals surface area contributed by atoms with Gasteiger partial charge in [-0.25, -0.2) is 4.98 Å². The number of carbonyl (C=O) groups is 1. The molecule has 1 N–H and O–H groups in total. The molecule has 2 aromatic rings. The molecule has 1 aromatic carbocycles. The summed E-state index contributed by atoms with van der Waals surface area (Å²) >= 11 is 0. The van der Waals surface area contributed by atoms with E-state index >= 15 is 0 Å². The first-order valence-corrected chi connectivity index (χ1v) is 7.59. The van der Waals surface area contributed by atoms with Crippen LogP contribution in [0.15, 0.2) is 48.7 Å². The number of hydrogen-bond acceptors (Lipinski definition) is 3. The lowest BCUT2D eigenvalue weighted by atomic mass is 10.1. The van der Waals surface area contributed by atoms with Crippen molar-refractivity contribution in [1.82, 2.24) is 4.98 Å². The average molecular weight is 298 g/mol. The van der Waals surface area contributed by atoms with E-state index in [9.17, 15) is 4.79 Å². The summed E-state index contributed by atoms with van der Waals surface area (Å²) in [7, 11) is 0. The van der Waals surface area contributed by atoms with Crippen molar-refractivity contribution in [1.29, 1.82) is 0 Å². The molecule has 0 unspecified atom stereocenters. The van der Waals surface area contributed by atoms with E-state index in [1.165, 1.54) is 0 Å². The molecule has 0 saturated heterocycles. The fourth-order valence-corrected chi connectivity index (χ4v) is 1.97. The number of nitrogens with zero attached hydrogens (tertiary/aromatic N) is 1. The SMILES string of the molecule is CC(C)c1ccc(NC(=O)CCCOc2ccccc2)nc1. The second-order valence-electron chi connectivity index (χ2n) is 5.44. The van der Waals surface area contributed by atoms with E-state index < -0.39 is 0 Å². The summed E-state index contributed by atoms with van der Waals surface area (Å²) in [4.78, 5) is 16.1. The first-order valence-electron chi connectivity index (χ1n) is 7.59. The number of pyridine rings is 1. The predicted octanol–water partition coefficient (Wildman–Crippen LogP) is 4.00. The average Bonchev–Trinajstić information content (AvgIpc) is 2.53. The van der Waals surface area contributed by atoms with Gasteiger partial charge in [0.1, 0.15) is 11.6 Å². The minimum absolute atomic E-state index is 0.0403. The van der Waals surface area contributed by atoms with Crippen molar-refractivity contribution in [2.24, 2.45) is 0 Å². The number of benzene rings is 1. The highest BCUT2D eigenvalue weighted by atomic mass is 16.5. The van der Waals surface area contributed by atoms with E-state index in [0.29, 0.717) is 31.2 Å². The molecule has 0 spiro atoms. The smallest absolute Gasteiger partial charge is 0.225 e. The third kappa shape index (κ3) is 5.20. The molecule has 2 rings (SSSR count). The summed E-state index contributed by atoms with van der Waals surface area (Å²) in [5.41, 5.74) is 1.16. The zero-order valence-corrected chi connectivity index (χ0v) is 13.1. The van der Waals surface area contributed by atoms with Gasteiger partial charge in [0.15, 0.2) is 0 Å². The molecule has 0 saturated carbocycles. The monoisotopic (exact) mass is 298 g/mol. The summed E-state index contributed by atoms with van der Waals surface area (Å²) in [6.07, 6.45) is 2.89. The molecular formula is C18H22N2O2. The second kappa shape index (κ2) is 8.17. The van der Waals surface area contributed by atoms with Crippen molar-refractivity contribution in [3.63, 3.8) is 0 Å². The van der Waals surface area contributed by atoms with Gasteiger partial charge < -0.3 is 10.1 Å². The van der Waals surface area contributed by atoms with Crippen molar-refractivity contribution < 1.29 is 9.53 Å². The molecule has 1 aromatic heterocycles. The fraction of sp³-hybridized carbons (Fsp3) is 0.333. The molecule has 0 aliphatic heterocycles. The molecule has 1 heterocycles. The number of hydrogen-bond donors (Lipinski definition) is 1. The van der Waals surface area contributed by atoms with Gasteiger partial charge in [0, 0.05) is 12.6 Å². The minimum Gasteiger partial charge on any atom is -0.494 e. The Kier molecular flexibility index (Phi) is 5.95. The van der Waals surface area contributed by atoms with Crippen LogP contribution in [-0.2, 0) is 4.79 Å². The lowest BCUT2D eigenvalue weighted by Gasteiger charge is -2.08. The highest BCUT2D eigenvalue weighted by Crippen LogP contribution is 2.14. The number of carbonyl (C=O) groups excluding carboxylic acids is 1. The quantitative estimate of drug-likeness (QED) is 0.786. The maximum Gasteiger partial charge on any atom is 0.225 e. The fourth-order valence-electron chi connectivity index (χ4n) is 1.97. The summed E-state index contributed by atoms with van der Waals surface area (Å²) < 4.78 is 5.55. The van der Waals surface area contributed by atoms with Gasteiger partial charge in [-0.05, 0) is 36.1 Å². The molecule has 0 fully saturated rings. The molecular weight excluding hydrogens is 276 g/mol. The van der Waals surface area contributed by atoms with E-state index in [2.05, 4.69) is 24.1 Å². The maximum atomic E-state index is 11.8. The van der Waals surface area contributed by atoms with Crippen LogP contribution in [0.3, 0.4) is 0 Å².